The van der Waals surface area contributed by atoms with Crippen LogP contribution >= 0.6 is 0 Å². The number of hydrogen-bond acceptors (Lipinski definition) is 3. The van der Waals surface area contributed by atoms with Crippen molar-refractivity contribution >= 4 is 5.91 Å². The van der Waals surface area contributed by atoms with Crippen LogP contribution in [-0.4, -0.2) is 35.0 Å². The molecule has 1 aromatic rings. The molecule has 0 radical (unpaired) electrons. The van der Waals surface area contributed by atoms with Gasteiger partial charge in [0.15, 0.2) is 0 Å². The van der Waals surface area contributed by atoms with Crippen molar-refractivity contribution < 1.29 is 4.79 Å². The molecule has 2 rings (SSSR count). The minimum absolute atomic E-state index is 0.0526. The highest BCUT2D eigenvalue weighted by atomic mass is 16.2. The largest absolute Gasteiger partial charge is 0.339 e. The first-order valence-corrected chi connectivity index (χ1v) is 6.28. The van der Waals surface area contributed by atoms with Crippen molar-refractivity contribution in [1.29, 1.82) is 0 Å². The summed E-state index contributed by atoms with van der Waals surface area (Å²) in [6.07, 6.45) is 3.53. The number of aromatic nitrogens is 1. The van der Waals surface area contributed by atoms with Gasteiger partial charge in [0.05, 0.1) is 0 Å². The van der Waals surface area contributed by atoms with E-state index in [1.165, 1.54) is 10.6 Å². The Morgan fingerprint density at radius 1 is 1.44 bits per heavy atom. The zero-order chi connectivity index (χ0) is 13.1. The molecule has 1 aliphatic rings. The van der Waals surface area contributed by atoms with Crippen LogP contribution in [0, 0.1) is 5.92 Å². The van der Waals surface area contributed by atoms with Crippen molar-refractivity contribution in [3.05, 3.63) is 34.2 Å². The van der Waals surface area contributed by atoms with E-state index in [2.05, 4.69) is 0 Å². The zero-order valence-electron chi connectivity index (χ0n) is 10.6. The number of hydrogen-bond donors (Lipinski definition) is 1. The number of aryl methyl sites for hydroxylation is 1. The van der Waals surface area contributed by atoms with Crippen molar-refractivity contribution in [2.24, 2.45) is 18.7 Å². The van der Waals surface area contributed by atoms with Crippen molar-refractivity contribution in [2.45, 2.75) is 12.8 Å². The Hall–Kier alpha value is -1.62. The molecule has 0 saturated carbocycles. The van der Waals surface area contributed by atoms with Gasteiger partial charge in [-0.2, -0.15) is 0 Å². The second-order valence-corrected chi connectivity index (χ2v) is 4.84. The predicted molar refractivity (Wildman–Crippen MR) is 69.4 cm³/mol. The fourth-order valence-corrected chi connectivity index (χ4v) is 2.24. The summed E-state index contributed by atoms with van der Waals surface area (Å²) < 4.78 is 1.46. The first-order valence-electron chi connectivity index (χ1n) is 6.28. The fourth-order valence-electron chi connectivity index (χ4n) is 2.24. The van der Waals surface area contributed by atoms with Crippen LogP contribution in [0.15, 0.2) is 23.1 Å². The number of carbonyl (C=O) groups excluding carboxylic acids is 1. The first kappa shape index (κ1) is 12.8. The summed E-state index contributed by atoms with van der Waals surface area (Å²) >= 11 is 0. The molecule has 0 bridgehead atoms. The third kappa shape index (κ3) is 2.61. The third-order valence-electron chi connectivity index (χ3n) is 3.59. The van der Waals surface area contributed by atoms with Gasteiger partial charge in [-0.3, -0.25) is 9.59 Å². The van der Waals surface area contributed by atoms with Gasteiger partial charge in [0.1, 0.15) is 0 Å². The Morgan fingerprint density at radius 3 is 2.67 bits per heavy atom. The number of amides is 1. The number of pyridine rings is 1. The van der Waals surface area contributed by atoms with E-state index in [0.29, 0.717) is 18.0 Å². The molecule has 5 heteroatoms. The molecule has 1 amide bonds. The van der Waals surface area contributed by atoms with E-state index in [9.17, 15) is 9.59 Å². The molecule has 5 nitrogen and oxygen atoms in total. The summed E-state index contributed by atoms with van der Waals surface area (Å²) in [5.74, 6) is 0.473. The fraction of sp³-hybridized carbons (Fsp3) is 0.538. The van der Waals surface area contributed by atoms with Crippen LogP contribution in [0.5, 0.6) is 0 Å². The summed E-state index contributed by atoms with van der Waals surface area (Å²) in [6.45, 7) is 2.15. The average molecular weight is 249 g/mol. The minimum atomic E-state index is -0.155. The van der Waals surface area contributed by atoms with Gasteiger partial charge in [0.2, 0.25) is 0 Å². The van der Waals surface area contributed by atoms with Gasteiger partial charge in [-0.1, -0.05) is 0 Å². The predicted octanol–water partition coefficient (Wildman–Crippen LogP) is 0.196. The molecule has 1 saturated heterocycles. The summed E-state index contributed by atoms with van der Waals surface area (Å²) in [4.78, 5) is 25.5. The van der Waals surface area contributed by atoms with Crippen molar-refractivity contribution in [3.63, 3.8) is 0 Å². The van der Waals surface area contributed by atoms with Crippen molar-refractivity contribution in [1.82, 2.24) is 9.47 Å². The summed E-state index contributed by atoms with van der Waals surface area (Å²) in [7, 11) is 1.67. The summed E-state index contributed by atoms with van der Waals surface area (Å²) in [5, 5.41) is 0. The summed E-state index contributed by atoms with van der Waals surface area (Å²) in [6, 6.07) is 3.09. The quantitative estimate of drug-likeness (QED) is 0.814. The number of rotatable bonds is 2. The molecule has 0 unspecified atom stereocenters. The zero-order valence-corrected chi connectivity index (χ0v) is 10.6. The maximum Gasteiger partial charge on any atom is 0.254 e. The molecule has 0 aromatic carbocycles. The Labute approximate surface area is 106 Å². The van der Waals surface area contributed by atoms with Gasteiger partial charge < -0.3 is 15.2 Å². The number of carbonyl (C=O) groups is 1. The normalized spacial score (nSPS) is 16.9. The van der Waals surface area contributed by atoms with E-state index in [0.717, 1.165) is 25.9 Å². The number of nitrogens with zero attached hydrogens (tertiary/aromatic N) is 2. The highest BCUT2D eigenvalue weighted by Gasteiger charge is 2.22. The number of likely N-dealkylation sites (tertiary alicyclic amines) is 1. The molecular formula is C13H19N3O2. The Balaban J connectivity index is 2.08. The lowest BCUT2D eigenvalue weighted by Crippen LogP contribution is -2.40. The Bertz CT molecular complexity index is 487. The van der Waals surface area contributed by atoms with E-state index < -0.39 is 0 Å². The molecule has 1 fully saturated rings. The van der Waals surface area contributed by atoms with E-state index in [4.69, 9.17) is 5.73 Å². The molecule has 1 aromatic heterocycles. The van der Waals surface area contributed by atoms with Crippen molar-refractivity contribution in [2.75, 3.05) is 19.6 Å². The van der Waals surface area contributed by atoms with Gasteiger partial charge >= 0.3 is 0 Å². The molecule has 0 atom stereocenters. The second-order valence-electron chi connectivity index (χ2n) is 4.84. The minimum Gasteiger partial charge on any atom is -0.339 e. The summed E-state index contributed by atoms with van der Waals surface area (Å²) in [5.41, 5.74) is 5.95. The molecule has 2 heterocycles. The monoisotopic (exact) mass is 249 g/mol. The highest BCUT2D eigenvalue weighted by Crippen LogP contribution is 2.17. The van der Waals surface area contributed by atoms with E-state index in [1.54, 1.807) is 24.2 Å². The lowest BCUT2D eigenvalue weighted by molar-refractivity contribution is 0.0693. The second kappa shape index (κ2) is 5.35. The third-order valence-corrected chi connectivity index (χ3v) is 3.59. The molecule has 2 N–H and O–H groups in total. The van der Waals surface area contributed by atoms with Crippen LogP contribution in [-0.2, 0) is 7.05 Å². The lowest BCUT2D eigenvalue weighted by atomic mass is 9.97. The van der Waals surface area contributed by atoms with Gasteiger partial charge in [0, 0.05) is 38.0 Å². The Kier molecular flexibility index (Phi) is 3.81. The van der Waals surface area contributed by atoms with Crippen LogP contribution in [0.1, 0.15) is 23.2 Å². The topological polar surface area (TPSA) is 68.3 Å². The van der Waals surface area contributed by atoms with Gasteiger partial charge in [-0.25, -0.2) is 0 Å². The van der Waals surface area contributed by atoms with Crippen molar-refractivity contribution in [3.8, 4) is 0 Å². The van der Waals surface area contributed by atoms with Crippen LogP contribution in [0.2, 0.25) is 0 Å². The molecule has 0 aliphatic carbocycles. The highest BCUT2D eigenvalue weighted by molar-refractivity contribution is 5.94. The first-order chi connectivity index (χ1) is 8.61. The molecule has 1 aliphatic heterocycles. The van der Waals surface area contributed by atoms with Gasteiger partial charge in [-0.05, 0) is 31.4 Å². The average Bonchev–Trinajstić information content (AvgIpc) is 2.41. The number of nitrogens with two attached hydrogens (primary N) is 1. The Morgan fingerprint density at radius 2 is 2.11 bits per heavy atom. The SMILES string of the molecule is Cn1ccc(C(=O)N2CCC(CN)CC2)cc1=O. The maximum absolute atomic E-state index is 12.2. The molecule has 18 heavy (non-hydrogen) atoms. The van der Waals surface area contributed by atoms with Gasteiger partial charge in [0.25, 0.3) is 11.5 Å². The van der Waals surface area contributed by atoms with E-state index >= 15 is 0 Å². The van der Waals surface area contributed by atoms with Crippen LogP contribution < -0.4 is 11.3 Å². The van der Waals surface area contributed by atoms with Crippen LogP contribution in [0.25, 0.3) is 0 Å². The maximum atomic E-state index is 12.2. The van der Waals surface area contributed by atoms with Gasteiger partial charge in [-0.15, -0.1) is 0 Å². The van der Waals surface area contributed by atoms with E-state index in [-0.39, 0.29) is 11.5 Å². The number of piperidine rings is 1. The molecule has 98 valence electrons. The lowest BCUT2D eigenvalue weighted by Gasteiger charge is -2.31. The standard InChI is InChI=1S/C13H19N3O2/c1-15-5-4-11(8-12(15)17)13(18)16-6-2-10(9-14)3-7-16/h4-5,8,10H,2-3,6-7,9,14H2,1H3. The molecular weight excluding hydrogens is 230 g/mol. The van der Waals surface area contributed by atoms with Crippen LogP contribution in [0.3, 0.4) is 0 Å². The van der Waals surface area contributed by atoms with Crippen LogP contribution in [0.4, 0.5) is 0 Å². The smallest absolute Gasteiger partial charge is 0.254 e. The van der Waals surface area contributed by atoms with E-state index in [1.807, 2.05) is 0 Å². The molecule has 0 spiro atoms.